The van der Waals surface area contributed by atoms with Crippen LogP contribution in [0.1, 0.15) is 16.6 Å². The molecule has 2 unspecified atom stereocenters. The van der Waals surface area contributed by atoms with Crippen molar-refractivity contribution in [2.45, 2.75) is 23.8 Å². The molecule has 1 aliphatic heterocycles. The third kappa shape index (κ3) is 3.51. The zero-order valence-corrected chi connectivity index (χ0v) is 13.6. The quantitative estimate of drug-likeness (QED) is 0.593. The molecule has 1 aromatic carbocycles. The van der Waals surface area contributed by atoms with Gasteiger partial charge in [-0.3, -0.25) is 14.3 Å². The number of H-pyrrole nitrogens is 1. The van der Waals surface area contributed by atoms with E-state index in [4.69, 9.17) is 21.1 Å². The highest BCUT2D eigenvalue weighted by molar-refractivity contribution is 6.21. The van der Waals surface area contributed by atoms with Gasteiger partial charge in [-0.25, -0.2) is 9.59 Å². The third-order valence-corrected chi connectivity index (χ3v) is 4.29. The Labute approximate surface area is 146 Å². The van der Waals surface area contributed by atoms with Crippen LogP contribution in [-0.2, 0) is 9.47 Å². The van der Waals surface area contributed by atoms with Crippen LogP contribution < -0.4 is 11.2 Å². The number of nitrogens with zero attached hydrogens (tertiary/aromatic N) is 1. The summed E-state index contributed by atoms with van der Waals surface area (Å²) in [7, 11) is 0. The van der Waals surface area contributed by atoms with Crippen LogP contribution in [0.4, 0.5) is 0 Å². The van der Waals surface area contributed by atoms with E-state index in [0.717, 1.165) is 10.6 Å². The van der Waals surface area contributed by atoms with Gasteiger partial charge < -0.3 is 14.6 Å². The van der Waals surface area contributed by atoms with Crippen LogP contribution in [0.15, 0.2) is 52.2 Å². The first-order valence-electron chi connectivity index (χ1n) is 7.49. The number of aliphatic hydroxyl groups is 1. The molecule has 2 aromatic rings. The van der Waals surface area contributed by atoms with Gasteiger partial charge in [0.05, 0.1) is 12.2 Å². The molecule has 8 nitrogen and oxygen atoms in total. The van der Waals surface area contributed by atoms with Crippen molar-refractivity contribution in [3.8, 4) is 0 Å². The summed E-state index contributed by atoms with van der Waals surface area (Å²) < 4.78 is 12.0. The lowest BCUT2D eigenvalue weighted by atomic mass is 10.1. The van der Waals surface area contributed by atoms with Gasteiger partial charge in [0.25, 0.3) is 5.56 Å². The van der Waals surface area contributed by atoms with Crippen LogP contribution in [-0.4, -0.2) is 44.8 Å². The summed E-state index contributed by atoms with van der Waals surface area (Å²) in [5.74, 6) is -0.618. The number of aliphatic hydroxyl groups excluding tert-OH is 1. The lowest BCUT2D eigenvalue weighted by Crippen LogP contribution is -2.37. The number of carbonyl (C=O) groups excluding carboxylic acids is 1. The Morgan fingerprint density at radius 1 is 1.28 bits per heavy atom. The van der Waals surface area contributed by atoms with E-state index < -0.39 is 47.6 Å². The Kier molecular flexibility index (Phi) is 5.03. The van der Waals surface area contributed by atoms with Gasteiger partial charge in [0.2, 0.25) is 0 Å². The van der Waals surface area contributed by atoms with Crippen LogP contribution in [0.3, 0.4) is 0 Å². The molecule has 3 rings (SSSR count). The maximum Gasteiger partial charge on any atom is 0.338 e. The summed E-state index contributed by atoms with van der Waals surface area (Å²) in [5.41, 5.74) is -0.946. The number of aromatic amines is 1. The van der Waals surface area contributed by atoms with Crippen molar-refractivity contribution in [1.29, 1.82) is 0 Å². The fourth-order valence-corrected chi connectivity index (χ4v) is 2.99. The van der Waals surface area contributed by atoms with Crippen molar-refractivity contribution in [2.75, 3.05) is 6.61 Å². The minimum Gasteiger partial charge on any atom is -0.454 e. The van der Waals surface area contributed by atoms with Crippen molar-refractivity contribution in [2.24, 2.45) is 0 Å². The van der Waals surface area contributed by atoms with Gasteiger partial charge in [-0.05, 0) is 12.1 Å². The predicted octanol–water partition coefficient (Wildman–Crippen LogP) is 0.259. The minimum atomic E-state index is -1.00. The van der Waals surface area contributed by atoms with Crippen LogP contribution in [0, 0.1) is 0 Å². The van der Waals surface area contributed by atoms with E-state index in [0.29, 0.717) is 5.56 Å². The Balaban J connectivity index is 1.84. The molecule has 0 amide bonds. The number of rotatable bonds is 4. The minimum absolute atomic E-state index is 0.327. The fourth-order valence-electron chi connectivity index (χ4n) is 2.60. The fraction of sp³-hybridized carbons (Fsp3) is 0.312. The lowest BCUT2D eigenvalue weighted by molar-refractivity contribution is -0.0521. The molecule has 1 aromatic heterocycles. The molecule has 1 aliphatic rings. The van der Waals surface area contributed by atoms with Crippen molar-refractivity contribution in [1.82, 2.24) is 9.55 Å². The average molecular weight is 367 g/mol. The molecule has 0 saturated carbocycles. The normalized spacial score (nSPS) is 25.7. The largest absolute Gasteiger partial charge is 0.454 e. The number of hydrogen-bond donors (Lipinski definition) is 2. The molecule has 25 heavy (non-hydrogen) atoms. The van der Waals surface area contributed by atoms with Crippen molar-refractivity contribution < 1.29 is 19.4 Å². The summed E-state index contributed by atoms with van der Waals surface area (Å²) in [4.78, 5) is 37.4. The van der Waals surface area contributed by atoms with Crippen LogP contribution in [0.2, 0.25) is 0 Å². The highest BCUT2D eigenvalue weighted by Gasteiger charge is 2.47. The van der Waals surface area contributed by atoms with Crippen molar-refractivity contribution in [3.63, 3.8) is 0 Å². The Morgan fingerprint density at radius 2 is 2.00 bits per heavy atom. The second kappa shape index (κ2) is 7.22. The monoisotopic (exact) mass is 366 g/mol. The number of halogens is 1. The van der Waals surface area contributed by atoms with Gasteiger partial charge in [-0.2, -0.15) is 0 Å². The zero-order chi connectivity index (χ0) is 18.0. The Bertz CT molecular complexity index is 865. The summed E-state index contributed by atoms with van der Waals surface area (Å²) in [6.45, 7) is -0.454. The first-order chi connectivity index (χ1) is 12.0. The molecule has 132 valence electrons. The van der Waals surface area contributed by atoms with Gasteiger partial charge in [0.15, 0.2) is 12.3 Å². The maximum atomic E-state index is 12.2. The standard InChI is InChI=1S/C16H15ClN2O6/c17-12-13(25-15(22)9-4-2-1-3-5-9)10(8-20)24-14(12)19-7-6-11(21)18-16(19)23/h1-7,10,12-14,20H,8H2,(H,18,21,23)/t10-,12?,13?,14-/m0/s1. The lowest BCUT2D eigenvalue weighted by Gasteiger charge is -2.19. The molecule has 9 heteroatoms. The summed E-state index contributed by atoms with van der Waals surface area (Å²) in [5, 5.41) is 8.56. The molecule has 4 atom stereocenters. The van der Waals surface area contributed by atoms with E-state index in [1.807, 2.05) is 0 Å². The number of hydrogen-bond acceptors (Lipinski definition) is 6. The number of ether oxygens (including phenoxy) is 2. The van der Waals surface area contributed by atoms with E-state index in [2.05, 4.69) is 4.98 Å². The number of alkyl halides is 1. The van der Waals surface area contributed by atoms with Gasteiger partial charge in [0.1, 0.15) is 11.5 Å². The van der Waals surface area contributed by atoms with E-state index in [1.165, 1.54) is 6.20 Å². The maximum absolute atomic E-state index is 12.2. The number of esters is 1. The number of carbonyl (C=O) groups is 1. The molecule has 0 bridgehead atoms. The topological polar surface area (TPSA) is 111 Å². The smallest absolute Gasteiger partial charge is 0.338 e. The first kappa shape index (κ1) is 17.4. The van der Waals surface area contributed by atoms with E-state index >= 15 is 0 Å². The molecule has 1 fully saturated rings. The Morgan fingerprint density at radius 3 is 2.64 bits per heavy atom. The summed E-state index contributed by atoms with van der Waals surface area (Å²) in [6, 6.07) is 9.44. The number of aromatic nitrogens is 2. The van der Waals surface area contributed by atoms with Crippen LogP contribution in [0.25, 0.3) is 0 Å². The highest BCUT2D eigenvalue weighted by atomic mass is 35.5. The van der Waals surface area contributed by atoms with Crippen molar-refractivity contribution >= 4 is 17.6 Å². The highest BCUT2D eigenvalue weighted by Crippen LogP contribution is 2.34. The Hall–Kier alpha value is -2.42. The molecule has 1 saturated heterocycles. The van der Waals surface area contributed by atoms with Gasteiger partial charge in [-0.1, -0.05) is 18.2 Å². The zero-order valence-electron chi connectivity index (χ0n) is 12.9. The molecule has 0 aliphatic carbocycles. The molecular formula is C16H15ClN2O6. The molecule has 0 radical (unpaired) electrons. The van der Waals surface area contributed by atoms with Crippen LogP contribution >= 0.6 is 11.6 Å². The first-order valence-corrected chi connectivity index (χ1v) is 7.93. The van der Waals surface area contributed by atoms with E-state index in [9.17, 15) is 19.5 Å². The number of benzene rings is 1. The SMILES string of the molecule is O=C(OC1C(Cl)[C@@H](n2ccc(=O)[nH]c2=O)O[C@H]1CO)c1ccccc1. The van der Waals surface area contributed by atoms with Crippen LogP contribution in [0.5, 0.6) is 0 Å². The number of nitrogens with one attached hydrogen (secondary N) is 1. The molecule has 2 N–H and O–H groups in total. The molecule has 2 heterocycles. The predicted molar refractivity (Wildman–Crippen MR) is 87.6 cm³/mol. The third-order valence-electron chi connectivity index (χ3n) is 3.82. The van der Waals surface area contributed by atoms with E-state index in [1.54, 1.807) is 30.3 Å². The van der Waals surface area contributed by atoms with Gasteiger partial charge >= 0.3 is 11.7 Å². The molecular weight excluding hydrogens is 352 g/mol. The van der Waals surface area contributed by atoms with E-state index in [-0.39, 0.29) is 0 Å². The second-order valence-electron chi connectivity index (χ2n) is 5.45. The van der Waals surface area contributed by atoms with Gasteiger partial charge in [-0.15, -0.1) is 11.6 Å². The molecule has 0 spiro atoms. The van der Waals surface area contributed by atoms with Gasteiger partial charge in [0, 0.05) is 12.3 Å². The average Bonchev–Trinajstić information content (AvgIpc) is 2.92. The second-order valence-corrected chi connectivity index (χ2v) is 5.95. The summed E-state index contributed by atoms with van der Waals surface area (Å²) in [6.07, 6.45) is -1.64. The summed E-state index contributed by atoms with van der Waals surface area (Å²) >= 11 is 6.33. The van der Waals surface area contributed by atoms with Crippen molar-refractivity contribution in [3.05, 3.63) is 69.0 Å².